The van der Waals surface area contributed by atoms with Crippen LogP contribution in [-0.2, 0) is 14.4 Å². The standard InChI is InChI=1S/C8H10BrNO5/c9-4-1-6(11)10(3-4)5(8(14)15)2-7(12)13/h4-5H,1-3H2,(H,12,13)(H,14,15). The molecule has 0 radical (unpaired) electrons. The Bertz CT molecular complexity index is 305. The number of hydrogen-bond acceptors (Lipinski definition) is 3. The molecule has 0 saturated carbocycles. The van der Waals surface area contributed by atoms with E-state index >= 15 is 0 Å². The third-order valence-corrected chi connectivity index (χ3v) is 2.75. The smallest absolute Gasteiger partial charge is 0.327 e. The molecule has 2 atom stereocenters. The van der Waals surface area contributed by atoms with Crippen LogP contribution in [0, 0.1) is 0 Å². The molecule has 0 aromatic rings. The van der Waals surface area contributed by atoms with Crippen LogP contribution in [0.4, 0.5) is 0 Å². The summed E-state index contributed by atoms with van der Waals surface area (Å²) < 4.78 is 0. The fourth-order valence-electron chi connectivity index (χ4n) is 1.48. The lowest BCUT2D eigenvalue weighted by Crippen LogP contribution is -2.43. The number of aliphatic carboxylic acids is 2. The summed E-state index contributed by atoms with van der Waals surface area (Å²) in [4.78, 5) is 33.6. The summed E-state index contributed by atoms with van der Waals surface area (Å²) in [6, 6.07) is -1.27. The van der Waals surface area contributed by atoms with E-state index in [1.165, 1.54) is 0 Å². The summed E-state index contributed by atoms with van der Waals surface area (Å²) in [5, 5.41) is 17.3. The molecule has 1 heterocycles. The first-order valence-corrected chi connectivity index (χ1v) is 5.21. The second-order valence-electron chi connectivity index (χ2n) is 3.30. The zero-order chi connectivity index (χ0) is 11.6. The van der Waals surface area contributed by atoms with Crippen molar-refractivity contribution in [3.63, 3.8) is 0 Å². The van der Waals surface area contributed by atoms with Crippen LogP contribution in [0.3, 0.4) is 0 Å². The molecule has 0 aromatic heterocycles. The molecule has 1 rings (SSSR count). The van der Waals surface area contributed by atoms with Gasteiger partial charge in [-0.05, 0) is 0 Å². The number of nitrogens with zero attached hydrogens (tertiary/aromatic N) is 1. The number of rotatable bonds is 4. The third-order valence-electron chi connectivity index (χ3n) is 2.14. The number of alkyl halides is 1. The number of likely N-dealkylation sites (tertiary alicyclic amines) is 1. The predicted octanol–water partition coefficient (Wildman–Crippen LogP) is -0.0899. The van der Waals surface area contributed by atoms with Crippen LogP contribution in [0.25, 0.3) is 0 Å². The molecule has 2 N–H and O–H groups in total. The molecule has 1 aliphatic rings. The molecule has 0 aliphatic carbocycles. The Morgan fingerprint density at radius 1 is 1.53 bits per heavy atom. The van der Waals surface area contributed by atoms with E-state index in [0.717, 1.165) is 4.90 Å². The number of carbonyl (C=O) groups is 3. The lowest BCUT2D eigenvalue weighted by atomic mass is 10.2. The Balaban J connectivity index is 2.76. The number of hydrogen-bond donors (Lipinski definition) is 2. The van der Waals surface area contributed by atoms with Crippen LogP contribution in [-0.4, -0.2) is 50.4 Å². The van der Waals surface area contributed by atoms with Gasteiger partial charge in [0.15, 0.2) is 0 Å². The van der Waals surface area contributed by atoms with Crippen molar-refractivity contribution in [2.24, 2.45) is 0 Å². The van der Waals surface area contributed by atoms with Crippen molar-refractivity contribution in [2.45, 2.75) is 23.7 Å². The van der Waals surface area contributed by atoms with E-state index in [1.807, 2.05) is 0 Å². The van der Waals surface area contributed by atoms with Crippen LogP contribution >= 0.6 is 15.9 Å². The Morgan fingerprint density at radius 3 is 2.47 bits per heavy atom. The highest BCUT2D eigenvalue weighted by Crippen LogP contribution is 2.21. The van der Waals surface area contributed by atoms with Gasteiger partial charge in [-0.1, -0.05) is 15.9 Å². The normalized spacial score (nSPS) is 22.9. The average Bonchev–Trinajstić information content (AvgIpc) is 2.40. The third kappa shape index (κ3) is 2.92. The molecule has 0 bridgehead atoms. The molecule has 7 heteroatoms. The van der Waals surface area contributed by atoms with E-state index in [9.17, 15) is 14.4 Å². The molecule has 6 nitrogen and oxygen atoms in total. The molecule has 1 amide bonds. The number of amides is 1. The van der Waals surface area contributed by atoms with Crippen molar-refractivity contribution in [3.05, 3.63) is 0 Å². The molecular weight excluding hydrogens is 270 g/mol. The van der Waals surface area contributed by atoms with Crippen LogP contribution in [0.2, 0.25) is 0 Å². The topological polar surface area (TPSA) is 94.9 Å². The SMILES string of the molecule is O=C(O)CC(C(=O)O)N1CC(Br)CC1=O. The monoisotopic (exact) mass is 279 g/mol. The molecule has 15 heavy (non-hydrogen) atoms. The molecule has 1 aliphatic heterocycles. The maximum absolute atomic E-state index is 11.4. The van der Waals surface area contributed by atoms with E-state index in [1.54, 1.807) is 0 Å². The van der Waals surface area contributed by atoms with Gasteiger partial charge in [0.1, 0.15) is 6.04 Å². The molecule has 0 spiro atoms. The Labute approximate surface area is 94.0 Å². The highest BCUT2D eigenvalue weighted by atomic mass is 79.9. The lowest BCUT2D eigenvalue weighted by molar-refractivity contribution is -0.153. The van der Waals surface area contributed by atoms with Crippen LogP contribution < -0.4 is 0 Å². The van der Waals surface area contributed by atoms with Crippen molar-refractivity contribution in [3.8, 4) is 0 Å². The van der Waals surface area contributed by atoms with Gasteiger partial charge in [-0.25, -0.2) is 4.79 Å². The van der Waals surface area contributed by atoms with Gasteiger partial charge in [0, 0.05) is 17.8 Å². The van der Waals surface area contributed by atoms with Gasteiger partial charge >= 0.3 is 11.9 Å². The van der Waals surface area contributed by atoms with E-state index in [4.69, 9.17) is 10.2 Å². The first kappa shape index (κ1) is 12.0. The van der Waals surface area contributed by atoms with Gasteiger partial charge in [-0.15, -0.1) is 0 Å². The summed E-state index contributed by atoms with van der Waals surface area (Å²) >= 11 is 3.20. The first-order valence-electron chi connectivity index (χ1n) is 4.30. The molecule has 84 valence electrons. The van der Waals surface area contributed by atoms with Crippen LogP contribution in [0.15, 0.2) is 0 Å². The zero-order valence-corrected chi connectivity index (χ0v) is 9.31. The summed E-state index contributed by atoms with van der Waals surface area (Å²) in [5.74, 6) is -2.84. The van der Waals surface area contributed by atoms with Crippen LogP contribution in [0.1, 0.15) is 12.8 Å². The average molecular weight is 280 g/mol. The zero-order valence-electron chi connectivity index (χ0n) is 7.72. The predicted molar refractivity (Wildman–Crippen MR) is 52.7 cm³/mol. The van der Waals surface area contributed by atoms with Crippen molar-refractivity contribution < 1.29 is 24.6 Å². The second kappa shape index (κ2) is 4.61. The van der Waals surface area contributed by atoms with Crippen molar-refractivity contribution in [1.82, 2.24) is 4.90 Å². The number of carboxylic acids is 2. The van der Waals surface area contributed by atoms with Crippen molar-refractivity contribution in [1.29, 1.82) is 0 Å². The summed E-state index contributed by atoms with van der Waals surface area (Å²) in [6.45, 7) is 0.239. The number of halogens is 1. The Hall–Kier alpha value is -1.11. The van der Waals surface area contributed by atoms with E-state index in [0.29, 0.717) is 0 Å². The van der Waals surface area contributed by atoms with Gasteiger partial charge in [-0.2, -0.15) is 0 Å². The summed E-state index contributed by atoms with van der Waals surface area (Å²) in [7, 11) is 0. The van der Waals surface area contributed by atoms with E-state index in [2.05, 4.69) is 15.9 Å². The highest BCUT2D eigenvalue weighted by molar-refractivity contribution is 9.09. The number of carbonyl (C=O) groups excluding carboxylic acids is 1. The van der Waals surface area contributed by atoms with E-state index in [-0.39, 0.29) is 23.7 Å². The van der Waals surface area contributed by atoms with Gasteiger partial charge in [0.25, 0.3) is 0 Å². The lowest BCUT2D eigenvalue weighted by Gasteiger charge is -2.22. The van der Waals surface area contributed by atoms with Crippen LogP contribution in [0.5, 0.6) is 0 Å². The number of carboxylic acid groups (broad SMARTS) is 2. The maximum atomic E-state index is 11.4. The molecule has 1 saturated heterocycles. The van der Waals surface area contributed by atoms with Crippen molar-refractivity contribution >= 4 is 33.8 Å². The summed E-state index contributed by atoms with van der Waals surface area (Å²) in [5.41, 5.74) is 0. The minimum Gasteiger partial charge on any atom is -0.481 e. The van der Waals surface area contributed by atoms with E-state index < -0.39 is 24.4 Å². The maximum Gasteiger partial charge on any atom is 0.327 e. The fraction of sp³-hybridized carbons (Fsp3) is 0.625. The minimum atomic E-state index is -1.28. The van der Waals surface area contributed by atoms with Crippen molar-refractivity contribution in [2.75, 3.05) is 6.54 Å². The minimum absolute atomic E-state index is 0.0966. The Morgan fingerprint density at radius 2 is 2.13 bits per heavy atom. The second-order valence-corrected chi connectivity index (χ2v) is 4.59. The highest BCUT2D eigenvalue weighted by Gasteiger charge is 2.37. The largest absolute Gasteiger partial charge is 0.481 e. The van der Waals surface area contributed by atoms with Gasteiger partial charge < -0.3 is 15.1 Å². The molecule has 2 unspecified atom stereocenters. The van der Waals surface area contributed by atoms with Gasteiger partial charge in [0.05, 0.1) is 6.42 Å². The molecule has 1 fully saturated rings. The van der Waals surface area contributed by atoms with Gasteiger partial charge in [-0.3, -0.25) is 9.59 Å². The summed E-state index contributed by atoms with van der Waals surface area (Å²) in [6.07, 6.45) is -0.357. The molecule has 0 aromatic carbocycles. The fourth-order valence-corrected chi connectivity index (χ4v) is 2.07. The molecular formula is C8H10BrNO5. The Kier molecular flexibility index (Phi) is 3.67. The quantitative estimate of drug-likeness (QED) is 0.702. The van der Waals surface area contributed by atoms with Gasteiger partial charge in [0.2, 0.25) is 5.91 Å². The first-order chi connectivity index (χ1) is 6.91.